The Morgan fingerprint density at radius 2 is 1.65 bits per heavy atom. The van der Waals surface area contributed by atoms with Gasteiger partial charge >= 0.3 is 0 Å². The average Bonchev–Trinajstić information content (AvgIpc) is 2.99. The van der Waals surface area contributed by atoms with Crippen molar-refractivity contribution in [1.29, 1.82) is 0 Å². The van der Waals surface area contributed by atoms with E-state index in [2.05, 4.69) is 48.5 Å². The van der Waals surface area contributed by atoms with E-state index in [-0.39, 0.29) is 7.43 Å². The molecule has 2 aliphatic rings. The number of unbranched alkanes of at least 4 members (excludes halogenated alkanes) is 1. The van der Waals surface area contributed by atoms with Crippen molar-refractivity contribution >= 4 is 0 Å². The van der Waals surface area contributed by atoms with Gasteiger partial charge in [0.25, 0.3) is 0 Å². The predicted molar refractivity (Wildman–Crippen MR) is 141 cm³/mol. The molecule has 186 valence electrons. The van der Waals surface area contributed by atoms with Crippen LogP contribution in [0.3, 0.4) is 0 Å². The predicted octanol–water partition coefficient (Wildman–Crippen LogP) is 9.63. The first-order valence-corrected chi connectivity index (χ1v) is 13.9. The van der Waals surface area contributed by atoms with E-state index < -0.39 is 0 Å². The summed E-state index contributed by atoms with van der Waals surface area (Å²) in [6.07, 6.45) is 19.8. The molecule has 0 spiro atoms. The van der Waals surface area contributed by atoms with Crippen LogP contribution in [0, 0.1) is 40.4 Å². The summed E-state index contributed by atoms with van der Waals surface area (Å²) in [5.41, 5.74) is 7.12. The summed E-state index contributed by atoms with van der Waals surface area (Å²) < 4.78 is 0. The van der Waals surface area contributed by atoms with Gasteiger partial charge in [0.05, 0.1) is 0 Å². The summed E-state index contributed by atoms with van der Waals surface area (Å²) in [7, 11) is 0. The van der Waals surface area contributed by atoms with Gasteiger partial charge in [0.15, 0.2) is 0 Å². The molecule has 2 N–H and O–H groups in total. The maximum absolute atomic E-state index is 5.99. The zero-order chi connectivity index (χ0) is 22.4. The molecule has 2 saturated carbocycles. The molecule has 0 aliphatic heterocycles. The lowest BCUT2D eigenvalue weighted by Gasteiger charge is -2.46. The molecule has 0 radical (unpaired) electrons. The van der Waals surface area contributed by atoms with Gasteiger partial charge in [0.2, 0.25) is 0 Å². The Labute approximate surface area is 198 Å². The van der Waals surface area contributed by atoms with Gasteiger partial charge in [0.1, 0.15) is 0 Å². The summed E-state index contributed by atoms with van der Waals surface area (Å²) in [6, 6.07) is 0.374. The lowest BCUT2D eigenvalue weighted by Crippen LogP contribution is -2.37. The summed E-state index contributed by atoms with van der Waals surface area (Å²) in [4.78, 5) is 0. The molecule has 2 rings (SSSR count). The first kappa shape index (κ1) is 29.0. The third-order valence-electron chi connectivity index (χ3n) is 9.90. The second-order valence-electron chi connectivity index (χ2n) is 12.6. The molecule has 0 aromatic carbocycles. The van der Waals surface area contributed by atoms with Gasteiger partial charge in [-0.05, 0) is 98.7 Å². The Hall–Kier alpha value is -0.0400. The minimum atomic E-state index is 0. The molecule has 0 bridgehead atoms. The molecule has 2 fully saturated rings. The molecule has 2 aliphatic carbocycles. The molecule has 0 saturated heterocycles. The number of hydrogen-bond donors (Lipinski definition) is 1. The topological polar surface area (TPSA) is 26.0 Å². The smallest absolute Gasteiger partial charge is 0.00104 e. The minimum Gasteiger partial charge on any atom is -0.328 e. The van der Waals surface area contributed by atoms with Crippen LogP contribution in [-0.2, 0) is 0 Å². The van der Waals surface area contributed by atoms with Gasteiger partial charge in [-0.1, -0.05) is 87.5 Å². The van der Waals surface area contributed by atoms with E-state index >= 15 is 0 Å². The maximum Gasteiger partial charge on any atom is 0.00104 e. The molecule has 1 nitrogen and oxygen atoms in total. The monoisotopic (exact) mass is 435 g/mol. The van der Waals surface area contributed by atoms with Gasteiger partial charge in [-0.25, -0.2) is 0 Å². The highest BCUT2D eigenvalue weighted by molar-refractivity contribution is 4.97. The average molecular weight is 436 g/mol. The zero-order valence-electron chi connectivity index (χ0n) is 21.9. The molecule has 7 atom stereocenters. The summed E-state index contributed by atoms with van der Waals surface area (Å²) in [5.74, 6) is 4.66. The molecule has 0 aromatic heterocycles. The fourth-order valence-electron chi connectivity index (χ4n) is 8.19. The highest BCUT2D eigenvalue weighted by Gasteiger charge is 2.48. The van der Waals surface area contributed by atoms with Crippen LogP contribution in [0.25, 0.3) is 0 Å². The third kappa shape index (κ3) is 7.48. The van der Waals surface area contributed by atoms with Crippen molar-refractivity contribution < 1.29 is 0 Å². The van der Waals surface area contributed by atoms with Gasteiger partial charge < -0.3 is 5.73 Å². The third-order valence-corrected chi connectivity index (χ3v) is 9.90. The van der Waals surface area contributed by atoms with E-state index in [4.69, 9.17) is 5.73 Å². The Kier molecular flexibility index (Phi) is 12.2. The molecule has 31 heavy (non-hydrogen) atoms. The Bertz CT molecular complexity index is 481. The molecule has 0 aromatic rings. The van der Waals surface area contributed by atoms with Gasteiger partial charge in [0, 0.05) is 6.04 Å². The lowest BCUT2D eigenvalue weighted by atomic mass is 9.59. The second-order valence-corrected chi connectivity index (χ2v) is 12.6. The van der Waals surface area contributed by atoms with Crippen LogP contribution in [-0.4, -0.2) is 6.04 Å². The SMILES string of the molecule is C.CCCC1(C)C(CCCCC(C)N)CCC1C(C)C[C@H](CC)C1CCCCC1(C)C. The normalized spacial score (nSPS) is 33.5. The summed E-state index contributed by atoms with van der Waals surface area (Å²) in [5, 5.41) is 0. The van der Waals surface area contributed by atoms with Crippen molar-refractivity contribution in [1.82, 2.24) is 0 Å². The molecule has 6 unspecified atom stereocenters. The lowest BCUT2D eigenvalue weighted by molar-refractivity contribution is 0.0401. The molecular formula is C30H61N. The molecule has 0 amide bonds. The van der Waals surface area contributed by atoms with Gasteiger partial charge in [-0.3, -0.25) is 0 Å². The first-order chi connectivity index (χ1) is 14.2. The van der Waals surface area contributed by atoms with E-state index in [0.717, 1.165) is 29.6 Å². The maximum atomic E-state index is 5.99. The largest absolute Gasteiger partial charge is 0.328 e. The quantitative estimate of drug-likeness (QED) is 0.303. The van der Waals surface area contributed by atoms with E-state index in [0.29, 0.717) is 16.9 Å². The van der Waals surface area contributed by atoms with Crippen molar-refractivity contribution in [2.75, 3.05) is 0 Å². The van der Waals surface area contributed by atoms with Crippen molar-refractivity contribution in [2.45, 2.75) is 152 Å². The fourth-order valence-corrected chi connectivity index (χ4v) is 8.19. The molecular weight excluding hydrogens is 374 g/mol. The second kappa shape index (κ2) is 13.0. The van der Waals surface area contributed by atoms with E-state index in [1.165, 1.54) is 89.9 Å². The van der Waals surface area contributed by atoms with Gasteiger partial charge in [-0.15, -0.1) is 0 Å². The number of hydrogen-bond acceptors (Lipinski definition) is 1. The van der Waals surface area contributed by atoms with Crippen LogP contribution in [0.2, 0.25) is 0 Å². The van der Waals surface area contributed by atoms with Crippen molar-refractivity contribution in [3.63, 3.8) is 0 Å². The van der Waals surface area contributed by atoms with Crippen LogP contribution < -0.4 is 5.73 Å². The van der Waals surface area contributed by atoms with Crippen molar-refractivity contribution in [2.24, 2.45) is 46.2 Å². The fraction of sp³-hybridized carbons (Fsp3) is 1.00. The van der Waals surface area contributed by atoms with Crippen molar-refractivity contribution in [3.8, 4) is 0 Å². The Morgan fingerprint density at radius 1 is 0.935 bits per heavy atom. The summed E-state index contributed by atoms with van der Waals surface area (Å²) in [6.45, 7) is 17.5. The summed E-state index contributed by atoms with van der Waals surface area (Å²) >= 11 is 0. The Morgan fingerprint density at radius 3 is 2.23 bits per heavy atom. The van der Waals surface area contributed by atoms with Crippen LogP contribution in [0.15, 0.2) is 0 Å². The highest BCUT2D eigenvalue weighted by atomic mass is 14.6. The molecule has 0 heterocycles. The van der Waals surface area contributed by atoms with Gasteiger partial charge in [-0.2, -0.15) is 0 Å². The zero-order valence-corrected chi connectivity index (χ0v) is 21.9. The van der Waals surface area contributed by atoms with E-state index in [1.54, 1.807) is 0 Å². The van der Waals surface area contributed by atoms with E-state index in [1.807, 2.05) is 0 Å². The van der Waals surface area contributed by atoms with Crippen LogP contribution >= 0.6 is 0 Å². The Balaban J connectivity index is 0.00000480. The van der Waals surface area contributed by atoms with Crippen LogP contribution in [0.1, 0.15) is 146 Å². The standard InChI is InChI=1S/C29H57N.CH4/c1-8-19-29(7)25(15-11-10-14-23(4)30)17-18-26(29)22(3)21-24(9-2)27-16-12-13-20-28(27,5)6;/h22-27H,8-21,30H2,1-7H3;1H4/t22?,23?,24-,25?,26?,27?,29?;/m0./s1. The number of rotatable bonds is 12. The van der Waals surface area contributed by atoms with Crippen LogP contribution in [0.4, 0.5) is 0 Å². The van der Waals surface area contributed by atoms with E-state index in [9.17, 15) is 0 Å². The van der Waals surface area contributed by atoms with Crippen LogP contribution in [0.5, 0.6) is 0 Å². The highest BCUT2D eigenvalue weighted by Crippen LogP contribution is 2.57. The van der Waals surface area contributed by atoms with Crippen molar-refractivity contribution in [3.05, 3.63) is 0 Å². The molecule has 1 heteroatoms. The minimum absolute atomic E-state index is 0. The number of nitrogens with two attached hydrogens (primary N) is 1. The first-order valence-electron chi connectivity index (χ1n) is 13.9.